The van der Waals surface area contributed by atoms with Gasteiger partial charge in [0.2, 0.25) is 0 Å². The van der Waals surface area contributed by atoms with E-state index in [4.69, 9.17) is 0 Å². The van der Waals surface area contributed by atoms with E-state index in [-0.39, 0.29) is 22.3 Å². The molecule has 0 aliphatic rings. The van der Waals surface area contributed by atoms with Crippen LogP contribution in [0.15, 0.2) is 48.6 Å². The average molecular weight is 672 g/mol. The van der Waals surface area contributed by atoms with E-state index in [1.54, 1.807) is 0 Å². The largest absolute Gasteiger partial charge is 0.452 e. The molecule has 20 heteroatoms. The van der Waals surface area contributed by atoms with E-state index >= 15 is 0 Å². The Balaban J connectivity index is 5.48. The van der Waals surface area contributed by atoms with Crippen molar-refractivity contribution in [3.05, 3.63) is 48.6 Å². The predicted molar refractivity (Wildman–Crippen MR) is 130 cm³/mol. The topological polar surface area (TPSA) is 142 Å². The molecule has 0 unspecified atom stereocenters. The third kappa shape index (κ3) is 15.1. The molecule has 0 radical (unpaired) electrons. The smallest absolute Gasteiger partial charge is 0.397 e. The number of halogens is 8. The van der Waals surface area contributed by atoms with Gasteiger partial charge in [0.1, 0.15) is 19.8 Å². The Labute approximate surface area is 250 Å². The molecule has 0 saturated carbocycles. The van der Waals surface area contributed by atoms with E-state index in [9.17, 15) is 54.3 Å². The Morgan fingerprint density at radius 2 is 0.844 bits per heavy atom. The van der Waals surface area contributed by atoms with Gasteiger partial charge in [-0.3, -0.25) is 0 Å². The average Bonchev–Trinajstić information content (AvgIpc) is 2.88. The first-order valence-corrected chi connectivity index (χ1v) is 11.8. The molecule has 12 nitrogen and oxygen atoms in total. The summed E-state index contributed by atoms with van der Waals surface area (Å²) in [6.07, 6.45) is -17.9. The van der Waals surface area contributed by atoms with Crippen molar-refractivity contribution in [1.82, 2.24) is 0 Å². The van der Waals surface area contributed by atoms with Crippen LogP contribution < -0.4 is 0 Å². The van der Waals surface area contributed by atoms with Gasteiger partial charge in [-0.2, -0.15) is 26.3 Å². The van der Waals surface area contributed by atoms with Crippen molar-refractivity contribution in [2.45, 2.75) is 64.9 Å². The lowest BCUT2D eigenvalue weighted by molar-refractivity contribution is -0.490. The summed E-state index contributed by atoms with van der Waals surface area (Å²) < 4.78 is 144. The molecule has 0 saturated heterocycles. The monoisotopic (exact) mass is 672 g/mol. The van der Waals surface area contributed by atoms with Gasteiger partial charge in [-0.05, 0) is 27.7 Å². The van der Waals surface area contributed by atoms with Gasteiger partial charge in [0.25, 0.3) is 5.92 Å². The molecular weight excluding hydrogens is 644 g/mol. The van der Waals surface area contributed by atoms with Crippen molar-refractivity contribution in [2.75, 3.05) is 19.8 Å². The molecule has 0 aromatic rings. The van der Waals surface area contributed by atoms with Gasteiger partial charge in [0.15, 0.2) is 0 Å². The third-order valence-electron chi connectivity index (χ3n) is 4.11. The van der Waals surface area contributed by atoms with Gasteiger partial charge >= 0.3 is 55.2 Å². The van der Waals surface area contributed by atoms with Crippen molar-refractivity contribution in [3.8, 4) is 0 Å². The molecule has 0 heterocycles. The van der Waals surface area contributed by atoms with Crippen LogP contribution in [0.5, 0.6) is 0 Å². The summed E-state index contributed by atoms with van der Waals surface area (Å²) in [6.45, 7) is 4.55. The minimum atomic E-state index is -6.34. The summed E-state index contributed by atoms with van der Waals surface area (Å²) in [4.78, 5) is 46.4. The maximum Gasteiger partial charge on any atom is 0.452 e. The van der Waals surface area contributed by atoms with Gasteiger partial charge in [-0.25, -0.2) is 32.7 Å². The number of carbonyl (C=O) groups excluding carboxylic acids is 4. The molecule has 0 rings (SSSR count). The highest BCUT2D eigenvalue weighted by atomic mass is 19.3. The first-order valence-electron chi connectivity index (χ1n) is 11.8. The SMILES string of the molecule is C=C(C)C(=O)OC(OCC(F)(F)COC(F)(F)C(F)(F)OC(F)(F)COC(OC(=O)C(=C)C)OC(=O)C(=C)C)OC(=O)C(=C)C. The molecule has 0 atom stereocenters. The summed E-state index contributed by atoms with van der Waals surface area (Å²) in [7, 11) is 0. The fraction of sp³-hybridized carbons (Fsp3) is 0.520. The van der Waals surface area contributed by atoms with Gasteiger partial charge in [-0.1, -0.05) is 26.3 Å². The number of ether oxygens (including phenoxy) is 8. The van der Waals surface area contributed by atoms with Gasteiger partial charge < -0.3 is 33.2 Å². The second kappa shape index (κ2) is 16.4. The van der Waals surface area contributed by atoms with Crippen molar-refractivity contribution in [3.63, 3.8) is 0 Å². The Morgan fingerprint density at radius 1 is 0.533 bits per heavy atom. The highest BCUT2D eigenvalue weighted by molar-refractivity contribution is 5.89. The zero-order valence-corrected chi connectivity index (χ0v) is 24.0. The van der Waals surface area contributed by atoms with E-state index in [1.807, 2.05) is 0 Å². The lowest BCUT2D eigenvalue weighted by atomic mass is 10.4. The lowest BCUT2D eigenvalue weighted by Gasteiger charge is -2.30. The Kier molecular flexibility index (Phi) is 15.0. The van der Waals surface area contributed by atoms with Gasteiger partial charge in [0, 0.05) is 22.3 Å². The van der Waals surface area contributed by atoms with Gasteiger partial charge in [0.05, 0.1) is 0 Å². The first kappa shape index (κ1) is 41.1. The third-order valence-corrected chi connectivity index (χ3v) is 4.11. The first-order chi connectivity index (χ1) is 20.2. The normalized spacial score (nSPS) is 12.4. The fourth-order valence-electron chi connectivity index (χ4n) is 1.89. The van der Waals surface area contributed by atoms with Crippen LogP contribution in [0, 0.1) is 0 Å². The quantitative estimate of drug-likeness (QED) is 0.0778. The zero-order valence-electron chi connectivity index (χ0n) is 24.0. The summed E-state index contributed by atoms with van der Waals surface area (Å²) in [5, 5.41) is 0. The summed E-state index contributed by atoms with van der Waals surface area (Å²) in [6, 6.07) is 0. The number of hydrogen-bond acceptors (Lipinski definition) is 12. The van der Waals surface area contributed by atoms with Crippen molar-refractivity contribution in [1.29, 1.82) is 0 Å². The number of carbonyl (C=O) groups is 4. The fourth-order valence-corrected chi connectivity index (χ4v) is 1.89. The van der Waals surface area contributed by atoms with Crippen LogP contribution >= 0.6 is 0 Å². The molecule has 256 valence electrons. The number of esters is 4. The summed E-state index contributed by atoms with van der Waals surface area (Å²) >= 11 is 0. The van der Waals surface area contributed by atoms with Gasteiger partial charge in [-0.15, -0.1) is 0 Å². The molecule has 0 fully saturated rings. The molecule has 0 bridgehead atoms. The van der Waals surface area contributed by atoms with E-state index in [2.05, 4.69) is 64.2 Å². The highest BCUT2D eigenvalue weighted by Crippen LogP contribution is 2.41. The molecule has 45 heavy (non-hydrogen) atoms. The number of alkyl halides is 8. The summed E-state index contributed by atoms with van der Waals surface area (Å²) in [5.74, 6) is -10.1. The highest BCUT2D eigenvalue weighted by Gasteiger charge is 2.65. The summed E-state index contributed by atoms with van der Waals surface area (Å²) in [5.41, 5.74) is -1.41. The zero-order chi connectivity index (χ0) is 35.6. The van der Waals surface area contributed by atoms with Crippen LogP contribution in [0.1, 0.15) is 27.7 Å². The van der Waals surface area contributed by atoms with E-state index in [1.165, 1.54) is 0 Å². The van der Waals surface area contributed by atoms with Crippen LogP contribution in [-0.2, 0) is 57.1 Å². The molecule has 0 amide bonds. The Morgan fingerprint density at radius 3 is 1.16 bits per heavy atom. The maximum absolute atomic E-state index is 14.1. The molecule has 0 spiro atoms. The van der Waals surface area contributed by atoms with E-state index < -0.39 is 80.9 Å². The van der Waals surface area contributed by atoms with Crippen molar-refractivity contribution < 1.29 is 92.2 Å². The van der Waals surface area contributed by atoms with Crippen molar-refractivity contribution >= 4 is 23.9 Å². The van der Waals surface area contributed by atoms with Crippen LogP contribution in [0.2, 0.25) is 0 Å². The number of hydrogen-bond donors (Lipinski definition) is 0. The minimum absolute atomic E-state index is 0.328. The predicted octanol–water partition coefficient (Wildman–Crippen LogP) is 4.51. The second-order valence-electron chi connectivity index (χ2n) is 8.86. The number of rotatable bonds is 20. The van der Waals surface area contributed by atoms with Crippen LogP contribution in [-0.4, -0.2) is 80.9 Å². The van der Waals surface area contributed by atoms with Crippen LogP contribution in [0.25, 0.3) is 0 Å². The molecule has 0 aliphatic carbocycles. The second-order valence-corrected chi connectivity index (χ2v) is 8.86. The molecule has 0 aromatic carbocycles. The van der Waals surface area contributed by atoms with Crippen LogP contribution in [0.4, 0.5) is 35.1 Å². The van der Waals surface area contributed by atoms with Crippen molar-refractivity contribution in [2.24, 2.45) is 0 Å². The maximum atomic E-state index is 14.1. The molecule has 0 aliphatic heterocycles. The minimum Gasteiger partial charge on any atom is -0.397 e. The standard InChI is InChI=1S/C25H28F8O12/c1-12(2)16(34)41-20(42-17(35)13(3)4)38-9-22(26,27)10-40-24(30,31)25(32,33)45-23(28,29)11-39-21(43-18(36)14(5)6)44-19(37)15(7)8/h20-21H,1,3,5,7,9-11H2,2,4,6,8H3. The van der Waals surface area contributed by atoms with E-state index in [0.717, 1.165) is 27.7 Å². The molecule has 0 N–H and O–H groups in total. The van der Waals surface area contributed by atoms with Crippen LogP contribution in [0.3, 0.4) is 0 Å². The Hall–Kier alpha value is -3.88. The molecule has 0 aromatic heterocycles. The lowest BCUT2D eigenvalue weighted by Crippen LogP contribution is -2.51. The van der Waals surface area contributed by atoms with E-state index in [0.29, 0.717) is 0 Å². The molecular formula is C25H28F8O12. The Bertz CT molecular complexity index is 1110.